The summed E-state index contributed by atoms with van der Waals surface area (Å²) in [5.74, 6) is 2.69. The largest absolute Gasteiger partial charge is 0.493 e. The van der Waals surface area contributed by atoms with Crippen molar-refractivity contribution >= 4 is 0 Å². The van der Waals surface area contributed by atoms with Crippen LogP contribution < -0.4 is 10.5 Å². The Balaban J connectivity index is 2.27. The molecule has 3 unspecified atom stereocenters. The van der Waals surface area contributed by atoms with Crippen molar-refractivity contribution in [3.63, 3.8) is 0 Å². The minimum atomic E-state index is 0.471. The van der Waals surface area contributed by atoms with Gasteiger partial charge >= 0.3 is 0 Å². The molecule has 0 spiro atoms. The highest BCUT2D eigenvalue weighted by Crippen LogP contribution is 2.43. The molecular formula is C16H30N4O. The van der Waals surface area contributed by atoms with Crippen LogP contribution in [-0.2, 0) is 6.54 Å². The van der Waals surface area contributed by atoms with Crippen LogP contribution in [0.3, 0.4) is 0 Å². The summed E-state index contributed by atoms with van der Waals surface area (Å²) < 4.78 is 7.71. The van der Waals surface area contributed by atoms with Crippen molar-refractivity contribution < 1.29 is 4.74 Å². The van der Waals surface area contributed by atoms with Gasteiger partial charge in [0.25, 0.3) is 0 Å². The van der Waals surface area contributed by atoms with E-state index in [1.807, 2.05) is 6.20 Å². The molecule has 0 radical (unpaired) electrons. The number of nitrogens with zero attached hydrogens (tertiary/aromatic N) is 3. The molecule has 1 saturated carbocycles. The van der Waals surface area contributed by atoms with Gasteiger partial charge in [-0.05, 0) is 45.3 Å². The highest BCUT2D eigenvalue weighted by molar-refractivity contribution is 5.30. The fraction of sp³-hybridized carbons (Fsp3) is 0.812. The van der Waals surface area contributed by atoms with Gasteiger partial charge in [0, 0.05) is 12.5 Å². The predicted octanol–water partition coefficient (Wildman–Crippen LogP) is 1.93. The average Bonchev–Trinajstić information content (AvgIpc) is 2.87. The van der Waals surface area contributed by atoms with Crippen LogP contribution in [0.25, 0.3) is 0 Å². The fourth-order valence-electron chi connectivity index (χ4n) is 3.44. The first kappa shape index (κ1) is 16.3. The van der Waals surface area contributed by atoms with Crippen molar-refractivity contribution in [2.75, 3.05) is 34.3 Å². The number of rotatable bonds is 6. The summed E-state index contributed by atoms with van der Waals surface area (Å²) in [7, 11) is 5.91. The summed E-state index contributed by atoms with van der Waals surface area (Å²) in [5.41, 5.74) is 7.28. The Morgan fingerprint density at radius 3 is 2.81 bits per heavy atom. The van der Waals surface area contributed by atoms with E-state index in [9.17, 15) is 0 Å². The van der Waals surface area contributed by atoms with Crippen LogP contribution in [0.1, 0.15) is 37.8 Å². The van der Waals surface area contributed by atoms with Gasteiger partial charge in [-0.1, -0.05) is 13.3 Å². The number of aromatic nitrogens is 2. The molecule has 0 amide bonds. The Morgan fingerprint density at radius 1 is 1.43 bits per heavy atom. The molecule has 1 heterocycles. The Hall–Kier alpha value is -1.07. The highest BCUT2D eigenvalue weighted by Gasteiger charge is 2.33. The molecule has 2 N–H and O–H groups in total. The second-order valence-electron chi connectivity index (χ2n) is 6.65. The van der Waals surface area contributed by atoms with E-state index < -0.39 is 0 Å². The zero-order chi connectivity index (χ0) is 15.4. The maximum Gasteiger partial charge on any atom is 0.160 e. The van der Waals surface area contributed by atoms with Gasteiger partial charge in [0.1, 0.15) is 0 Å². The molecule has 0 aliphatic heterocycles. The topological polar surface area (TPSA) is 56.3 Å². The van der Waals surface area contributed by atoms with Gasteiger partial charge in [0.2, 0.25) is 0 Å². The highest BCUT2D eigenvalue weighted by atomic mass is 16.5. The van der Waals surface area contributed by atoms with Gasteiger partial charge in [0.15, 0.2) is 5.75 Å². The molecule has 1 fully saturated rings. The van der Waals surface area contributed by atoms with Crippen LogP contribution >= 0.6 is 0 Å². The Kier molecular flexibility index (Phi) is 5.65. The van der Waals surface area contributed by atoms with Crippen LogP contribution in [0.2, 0.25) is 0 Å². The number of likely N-dealkylation sites (N-methyl/N-ethyl adjacent to an activating group) is 1. The number of hydrogen-bond acceptors (Lipinski definition) is 4. The zero-order valence-electron chi connectivity index (χ0n) is 13.9. The second-order valence-corrected chi connectivity index (χ2v) is 6.65. The van der Waals surface area contributed by atoms with Crippen LogP contribution in [0.15, 0.2) is 6.20 Å². The molecule has 1 aliphatic rings. The molecule has 2 rings (SSSR count). The minimum absolute atomic E-state index is 0.471. The van der Waals surface area contributed by atoms with E-state index in [2.05, 4.69) is 35.7 Å². The standard InChI is InChI=1S/C16H30N4O/c1-12-5-6-13(10-17)14(9-12)16-15(21-4)11-18-20(16)8-7-19(2)3/h11-14H,5-10,17H2,1-4H3. The van der Waals surface area contributed by atoms with Crippen molar-refractivity contribution in [2.24, 2.45) is 17.6 Å². The molecule has 0 bridgehead atoms. The summed E-state index contributed by atoms with van der Waals surface area (Å²) in [6, 6.07) is 0. The van der Waals surface area contributed by atoms with Gasteiger partial charge in [-0.25, -0.2) is 0 Å². The Labute approximate surface area is 128 Å². The lowest BCUT2D eigenvalue weighted by molar-refractivity contribution is 0.236. The Morgan fingerprint density at radius 2 is 2.19 bits per heavy atom. The third kappa shape index (κ3) is 3.77. The monoisotopic (exact) mass is 294 g/mol. The van der Waals surface area contributed by atoms with Gasteiger partial charge in [-0.15, -0.1) is 0 Å². The van der Waals surface area contributed by atoms with E-state index in [4.69, 9.17) is 10.5 Å². The van der Waals surface area contributed by atoms with Crippen LogP contribution in [0.4, 0.5) is 0 Å². The van der Waals surface area contributed by atoms with Gasteiger partial charge in [-0.2, -0.15) is 5.10 Å². The smallest absolute Gasteiger partial charge is 0.160 e. The van der Waals surface area contributed by atoms with E-state index in [0.717, 1.165) is 31.3 Å². The van der Waals surface area contributed by atoms with E-state index in [-0.39, 0.29) is 0 Å². The molecular weight excluding hydrogens is 264 g/mol. The Bertz CT molecular complexity index is 443. The van der Waals surface area contributed by atoms with Crippen molar-refractivity contribution in [1.82, 2.24) is 14.7 Å². The van der Waals surface area contributed by atoms with Crippen molar-refractivity contribution in [3.8, 4) is 5.75 Å². The van der Waals surface area contributed by atoms with Gasteiger partial charge in [-0.3, -0.25) is 4.68 Å². The number of hydrogen-bond donors (Lipinski definition) is 1. The van der Waals surface area contributed by atoms with Gasteiger partial charge in [0.05, 0.1) is 25.5 Å². The molecule has 0 saturated heterocycles. The first-order valence-electron chi connectivity index (χ1n) is 8.01. The van der Waals surface area contributed by atoms with E-state index in [1.165, 1.54) is 25.0 Å². The number of nitrogens with two attached hydrogens (primary N) is 1. The maximum absolute atomic E-state index is 6.03. The van der Waals surface area contributed by atoms with E-state index in [1.54, 1.807) is 7.11 Å². The lowest BCUT2D eigenvalue weighted by Crippen LogP contribution is -2.31. The first-order chi connectivity index (χ1) is 10.1. The fourth-order valence-corrected chi connectivity index (χ4v) is 3.44. The molecule has 0 aromatic carbocycles. The summed E-state index contributed by atoms with van der Waals surface area (Å²) in [6.45, 7) is 4.97. The number of ether oxygens (including phenoxy) is 1. The van der Waals surface area contributed by atoms with E-state index in [0.29, 0.717) is 11.8 Å². The molecule has 3 atom stereocenters. The lowest BCUT2D eigenvalue weighted by Gasteiger charge is -2.35. The second kappa shape index (κ2) is 7.27. The molecule has 5 heteroatoms. The van der Waals surface area contributed by atoms with Crippen molar-refractivity contribution in [1.29, 1.82) is 0 Å². The van der Waals surface area contributed by atoms with Crippen LogP contribution in [0, 0.1) is 11.8 Å². The molecule has 1 aliphatic carbocycles. The maximum atomic E-state index is 6.03. The molecule has 21 heavy (non-hydrogen) atoms. The molecule has 1 aromatic rings. The van der Waals surface area contributed by atoms with Crippen LogP contribution in [-0.4, -0.2) is 49.0 Å². The van der Waals surface area contributed by atoms with Crippen molar-refractivity contribution in [3.05, 3.63) is 11.9 Å². The zero-order valence-corrected chi connectivity index (χ0v) is 13.9. The first-order valence-corrected chi connectivity index (χ1v) is 8.01. The summed E-state index contributed by atoms with van der Waals surface area (Å²) >= 11 is 0. The van der Waals surface area contributed by atoms with Crippen LogP contribution in [0.5, 0.6) is 5.75 Å². The molecule has 1 aromatic heterocycles. The predicted molar refractivity (Wildman–Crippen MR) is 85.6 cm³/mol. The van der Waals surface area contributed by atoms with Crippen molar-refractivity contribution in [2.45, 2.75) is 38.6 Å². The summed E-state index contributed by atoms with van der Waals surface area (Å²) in [5, 5.41) is 4.55. The summed E-state index contributed by atoms with van der Waals surface area (Å²) in [6.07, 6.45) is 5.54. The normalized spacial score (nSPS) is 26.3. The van der Waals surface area contributed by atoms with Gasteiger partial charge < -0.3 is 15.4 Å². The molecule has 120 valence electrons. The molecule has 5 nitrogen and oxygen atoms in total. The summed E-state index contributed by atoms with van der Waals surface area (Å²) in [4.78, 5) is 2.18. The van der Waals surface area contributed by atoms with E-state index >= 15 is 0 Å². The average molecular weight is 294 g/mol. The SMILES string of the molecule is COc1cnn(CCN(C)C)c1C1CC(C)CCC1CN. The quantitative estimate of drug-likeness (QED) is 0.871. The number of methoxy groups -OCH3 is 1. The third-order valence-corrected chi connectivity index (χ3v) is 4.73. The third-order valence-electron chi connectivity index (χ3n) is 4.73. The minimum Gasteiger partial charge on any atom is -0.493 e. The lowest BCUT2D eigenvalue weighted by atomic mass is 9.73.